The summed E-state index contributed by atoms with van der Waals surface area (Å²) in [6.45, 7) is 1.68. The van der Waals surface area contributed by atoms with E-state index in [1.165, 1.54) is 15.6 Å². The fraction of sp³-hybridized carbons (Fsp3) is 0.115. The summed E-state index contributed by atoms with van der Waals surface area (Å²) in [6.07, 6.45) is 0.993. The van der Waals surface area contributed by atoms with Crippen molar-refractivity contribution in [3.05, 3.63) is 107 Å². The fourth-order valence-corrected chi connectivity index (χ4v) is 3.80. The topological polar surface area (TPSA) is 64.3 Å². The van der Waals surface area contributed by atoms with Crippen molar-refractivity contribution in [2.24, 2.45) is 0 Å². The molecule has 0 spiro atoms. The number of hydrogen-bond acceptors (Lipinski definition) is 5. The van der Waals surface area contributed by atoms with E-state index in [1.54, 1.807) is 12.1 Å². The summed E-state index contributed by atoms with van der Waals surface area (Å²) in [5.41, 5.74) is 5.14. The maximum atomic E-state index is 6.17. The van der Waals surface area contributed by atoms with Crippen LogP contribution in [-0.2, 0) is 13.0 Å². The van der Waals surface area contributed by atoms with Gasteiger partial charge in [0.15, 0.2) is 5.65 Å². The standard InChI is InChI=1S/C26H22ClN5O/c27-26-30-29-24-13-14-25(31-32(24)26)33-23-12-11-20(17-22(23)21-9-5-2-6-10-21)18-28-16-15-19-7-3-1-4-8-19/h1-14,17,28H,15-16,18H2. The average Bonchev–Trinajstić information content (AvgIpc) is 3.24. The van der Waals surface area contributed by atoms with Gasteiger partial charge in [-0.05, 0) is 59.5 Å². The van der Waals surface area contributed by atoms with Crippen LogP contribution >= 0.6 is 11.6 Å². The number of benzene rings is 3. The van der Waals surface area contributed by atoms with E-state index in [0.29, 0.717) is 17.3 Å². The molecule has 7 heteroatoms. The predicted octanol–water partition coefficient (Wildman–Crippen LogP) is 5.57. The minimum atomic E-state index is 0.190. The van der Waals surface area contributed by atoms with Crippen LogP contribution in [0.4, 0.5) is 0 Å². The minimum absolute atomic E-state index is 0.190. The third kappa shape index (κ3) is 5.03. The van der Waals surface area contributed by atoms with Gasteiger partial charge in [-0.3, -0.25) is 0 Å². The Balaban J connectivity index is 1.36. The maximum absolute atomic E-state index is 6.17. The number of ether oxygens (including phenoxy) is 1. The van der Waals surface area contributed by atoms with E-state index < -0.39 is 0 Å². The monoisotopic (exact) mass is 455 g/mol. The molecule has 0 aliphatic carbocycles. The molecular weight excluding hydrogens is 434 g/mol. The zero-order chi connectivity index (χ0) is 22.5. The van der Waals surface area contributed by atoms with Crippen molar-refractivity contribution >= 4 is 17.2 Å². The summed E-state index contributed by atoms with van der Waals surface area (Å²) in [7, 11) is 0. The normalized spacial score (nSPS) is 11.1. The van der Waals surface area contributed by atoms with Crippen molar-refractivity contribution in [2.45, 2.75) is 13.0 Å². The Kier molecular flexibility index (Phi) is 6.28. The largest absolute Gasteiger partial charge is 0.437 e. The van der Waals surface area contributed by atoms with E-state index in [0.717, 1.165) is 30.6 Å². The Hall–Kier alpha value is -3.74. The first-order chi connectivity index (χ1) is 16.3. The van der Waals surface area contributed by atoms with Crippen molar-refractivity contribution in [3.8, 4) is 22.8 Å². The van der Waals surface area contributed by atoms with Crippen molar-refractivity contribution in [1.29, 1.82) is 0 Å². The van der Waals surface area contributed by atoms with Crippen molar-refractivity contribution < 1.29 is 4.74 Å². The molecule has 0 radical (unpaired) electrons. The molecule has 0 bridgehead atoms. The van der Waals surface area contributed by atoms with Crippen LogP contribution < -0.4 is 10.1 Å². The highest BCUT2D eigenvalue weighted by atomic mass is 35.5. The summed E-state index contributed by atoms with van der Waals surface area (Å²) in [6, 6.07) is 30.4. The lowest BCUT2D eigenvalue weighted by atomic mass is 10.0. The van der Waals surface area contributed by atoms with E-state index >= 15 is 0 Å². The van der Waals surface area contributed by atoms with Crippen LogP contribution in [0.5, 0.6) is 11.6 Å². The number of halogens is 1. The van der Waals surface area contributed by atoms with Gasteiger partial charge < -0.3 is 10.1 Å². The molecule has 0 aliphatic rings. The van der Waals surface area contributed by atoms with Gasteiger partial charge in [0.05, 0.1) is 0 Å². The molecule has 5 rings (SSSR count). The summed E-state index contributed by atoms with van der Waals surface area (Å²) in [5.74, 6) is 1.13. The molecule has 2 aromatic heterocycles. The molecule has 33 heavy (non-hydrogen) atoms. The number of hydrogen-bond donors (Lipinski definition) is 1. The van der Waals surface area contributed by atoms with Gasteiger partial charge >= 0.3 is 0 Å². The van der Waals surface area contributed by atoms with Gasteiger partial charge in [-0.25, -0.2) is 0 Å². The summed E-state index contributed by atoms with van der Waals surface area (Å²) < 4.78 is 7.62. The zero-order valence-corrected chi connectivity index (χ0v) is 18.6. The first-order valence-electron chi connectivity index (χ1n) is 10.7. The number of rotatable bonds is 8. The van der Waals surface area contributed by atoms with Crippen LogP contribution in [0.1, 0.15) is 11.1 Å². The van der Waals surface area contributed by atoms with Crippen molar-refractivity contribution in [2.75, 3.05) is 6.54 Å². The van der Waals surface area contributed by atoms with E-state index in [4.69, 9.17) is 16.3 Å². The highest BCUT2D eigenvalue weighted by Crippen LogP contribution is 2.34. The Labute approximate surface area is 196 Å². The highest BCUT2D eigenvalue weighted by Gasteiger charge is 2.12. The molecule has 3 aromatic carbocycles. The molecule has 0 atom stereocenters. The second-order valence-corrected chi connectivity index (χ2v) is 7.96. The lowest BCUT2D eigenvalue weighted by Crippen LogP contribution is -2.16. The van der Waals surface area contributed by atoms with Crippen LogP contribution in [0, 0.1) is 0 Å². The lowest BCUT2D eigenvalue weighted by molar-refractivity contribution is 0.454. The van der Waals surface area contributed by atoms with Crippen molar-refractivity contribution in [1.82, 2.24) is 25.1 Å². The molecule has 0 saturated carbocycles. The SMILES string of the molecule is Clc1nnc2ccc(Oc3ccc(CNCCc4ccccc4)cc3-c3ccccc3)nn12. The Morgan fingerprint density at radius 2 is 1.61 bits per heavy atom. The van der Waals surface area contributed by atoms with E-state index in [9.17, 15) is 0 Å². The maximum Gasteiger partial charge on any atom is 0.246 e. The average molecular weight is 456 g/mol. The molecule has 0 aliphatic heterocycles. The van der Waals surface area contributed by atoms with Gasteiger partial charge in [-0.15, -0.1) is 15.3 Å². The van der Waals surface area contributed by atoms with Gasteiger partial charge in [0.2, 0.25) is 11.2 Å². The van der Waals surface area contributed by atoms with Gasteiger partial charge in [0, 0.05) is 18.2 Å². The zero-order valence-electron chi connectivity index (χ0n) is 17.9. The second-order valence-electron chi connectivity index (χ2n) is 7.62. The Morgan fingerprint density at radius 3 is 2.42 bits per heavy atom. The number of fused-ring (bicyclic) bond motifs is 1. The van der Waals surface area contributed by atoms with Crippen LogP contribution in [0.3, 0.4) is 0 Å². The molecule has 0 amide bonds. The molecule has 1 N–H and O–H groups in total. The number of nitrogens with zero attached hydrogens (tertiary/aromatic N) is 4. The summed E-state index contributed by atoms with van der Waals surface area (Å²) >= 11 is 6.06. The number of aromatic nitrogens is 4. The van der Waals surface area contributed by atoms with Gasteiger partial charge in [-0.1, -0.05) is 66.7 Å². The molecule has 164 valence electrons. The third-order valence-electron chi connectivity index (χ3n) is 5.31. The lowest BCUT2D eigenvalue weighted by Gasteiger charge is -2.13. The molecular formula is C26H22ClN5O. The molecule has 5 aromatic rings. The first kappa shape index (κ1) is 21.1. The molecule has 0 saturated heterocycles. The Morgan fingerprint density at radius 1 is 0.818 bits per heavy atom. The molecule has 2 heterocycles. The van der Waals surface area contributed by atoms with E-state index in [-0.39, 0.29) is 5.28 Å². The van der Waals surface area contributed by atoms with Crippen LogP contribution in [0.2, 0.25) is 5.28 Å². The van der Waals surface area contributed by atoms with E-state index in [1.807, 2.05) is 30.3 Å². The van der Waals surface area contributed by atoms with Crippen LogP contribution in [0.15, 0.2) is 91.0 Å². The minimum Gasteiger partial charge on any atom is -0.437 e. The summed E-state index contributed by atoms with van der Waals surface area (Å²) in [4.78, 5) is 0. The Bertz CT molecular complexity index is 1360. The third-order valence-corrected chi connectivity index (χ3v) is 5.54. The van der Waals surface area contributed by atoms with Crippen LogP contribution in [-0.4, -0.2) is 26.4 Å². The van der Waals surface area contributed by atoms with Gasteiger partial charge in [0.25, 0.3) is 0 Å². The summed E-state index contributed by atoms with van der Waals surface area (Å²) in [5, 5.41) is 15.9. The first-order valence-corrected chi connectivity index (χ1v) is 11.1. The molecule has 0 fully saturated rings. The van der Waals surface area contributed by atoms with Crippen LogP contribution in [0.25, 0.3) is 16.8 Å². The smallest absolute Gasteiger partial charge is 0.246 e. The van der Waals surface area contributed by atoms with E-state index in [2.05, 4.69) is 69.1 Å². The van der Waals surface area contributed by atoms with Gasteiger partial charge in [0.1, 0.15) is 5.75 Å². The molecule has 6 nitrogen and oxygen atoms in total. The molecule has 0 unspecified atom stereocenters. The second kappa shape index (κ2) is 9.81. The fourth-order valence-electron chi connectivity index (χ4n) is 3.64. The van der Waals surface area contributed by atoms with Crippen molar-refractivity contribution in [3.63, 3.8) is 0 Å². The highest BCUT2D eigenvalue weighted by molar-refractivity contribution is 6.28. The predicted molar refractivity (Wildman–Crippen MR) is 130 cm³/mol. The van der Waals surface area contributed by atoms with Gasteiger partial charge in [-0.2, -0.15) is 4.52 Å². The quantitative estimate of drug-likeness (QED) is 0.310. The number of nitrogens with one attached hydrogen (secondary N) is 1.